The maximum Gasteiger partial charge on any atom is 0.303 e. The Morgan fingerprint density at radius 1 is 1.22 bits per heavy atom. The van der Waals surface area contributed by atoms with Crippen molar-refractivity contribution in [3.63, 3.8) is 0 Å². The molecule has 0 saturated heterocycles. The molecule has 1 rings (SSSR count). The molecular formula is C14H19NO3. The van der Waals surface area contributed by atoms with E-state index in [9.17, 15) is 9.59 Å². The van der Waals surface area contributed by atoms with Gasteiger partial charge in [0, 0.05) is 18.5 Å². The van der Waals surface area contributed by atoms with Gasteiger partial charge in [0.25, 0.3) is 0 Å². The summed E-state index contributed by atoms with van der Waals surface area (Å²) in [5.41, 5.74) is 1.98. The molecule has 4 nitrogen and oxygen atoms in total. The predicted octanol–water partition coefficient (Wildman–Crippen LogP) is 2.83. The van der Waals surface area contributed by atoms with Crippen LogP contribution in [-0.4, -0.2) is 17.0 Å². The van der Waals surface area contributed by atoms with Crippen LogP contribution in [0, 0.1) is 0 Å². The maximum absolute atomic E-state index is 11.6. The molecule has 18 heavy (non-hydrogen) atoms. The molecule has 0 fully saturated rings. The van der Waals surface area contributed by atoms with Crippen LogP contribution in [0.25, 0.3) is 0 Å². The quantitative estimate of drug-likeness (QED) is 0.730. The third-order valence-electron chi connectivity index (χ3n) is 2.66. The molecule has 1 aromatic carbocycles. The highest BCUT2D eigenvalue weighted by Crippen LogP contribution is 2.12. The van der Waals surface area contributed by atoms with Gasteiger partial charge in [-0.2, -0.15) is 0 Å². The topological polar surface area (TPSA) is 66.4 Å². The minimum Gasteiger partial charge on any atom is -0.481 e. The van der Waals surface area contributed by atoms with Crippen molar-refractivity contribution < 1.29 is 14.7 Å². The smallest absolute Gasteiger partial charge is 0.303 e. The number of hydrogen-bond donors (Lipinski definition) is 2. The minimum atomic E-state index is -0.814. The zero-order chi connectivity index (χ0) is 13.4. The highest BCUT2D eigenvalue weighted by Gasteiger charge is 2.04. The first kappa shape index (κ1) is 14.2. The molecule has 0 bridgehead atoms. The Kier molecular flexibility index (Phi) is 5.91. The number of nitrogens with one attached hydrogen (secondary N) is 1. The first-order valence-corrected chi connectivity index (χ1v) is 6.22. The summed E-state index contributed by atoms with van der Waals surface area (Å²) >= 11 is 0. The Labute approximate surface area is 107 Å². The number of benzene rings is 1. The van der Waals surface area contributed by atoms with Crippen molar-refractivity contribution in [3.8, 4) is 0 Å². The average molecular weight is 249 g/mol. The lowest BCUT2D eigenvalue weighted by Gasteiger charge is -2.06. The van der Waals surface area contributed by atoms with Gasteiger partial charge in [0.15, 0.2) is 0 Å². The molecule has 0 radical (unpaired) electrons. The number of amides is 1. The van der Waals surface area contributed by atoms with Crippen LogP contribution < -0.4 is 5.32 Å². The van der Waals surface area contributed by atoms with Gasteiger partial charge < -0.3 is 10.4 Å². The number of anilines is 1. The van der Waals surface area contributed by atoms with E-state index in [-0.39, 0.29) is 12.3 Å². The summed E-state index contributed by atoms with van der Waals surface area (Å²) in [6, 6.07) is 7.74. The zero-order valence-corrected chi connectivity index (χ0v) is 10.6. The molecule has 0 unspecified atom stereocenters. The fraction of sp³-hybridized carbons (Fsp3) is 0.429. The Morgan fingerprint density at radius 3 is 2.61 bits per heavy atom. The van der Waals surface area contributed by atoms with Crippen molar-refractivity contribution in [2.75, 3.05) is 5.32 Å². The second-order valence-electron chi connectivity index (χ2n) is 4.20. The van der Waals surface area contributed by atoms with E-state index in [1.807, 2.05) is 24.3 Å². The summed E-state index contributed by atoms with van der Waals surface area (Å²) in [6.45, 7) is 2.06. The van der Waals surface area contributed by atoms with Crippen LogP contribution in [0.2, 0.25) is 0 Å². The third-order valence-corrected chi connectivity index (χ3v) is 2.66. The molecule has 0 saturated carbocycles. The number of unbranched alkanes of at least 4 members (excludes halogenated alkanes) is 1. The number of carbonyl (C=O) groups is 2. The van der Waals surface area contributed by atoms with Gasteiger partial charge in [0.05, 0.1) is 0 Å². The Morgan fingerprint density at radius 2 is 1.94 bits per heavy atom. The Hall–Kier alpha value is -1.84. The largest absolute Gasteiger partial charge is 0.481 e. The van der Waals surface area contributed by atoms with Gasteiger partial charge in [-0.25, -0.2) is 0 Å². The lowest BCUT2D eigenvalue weighted by molar-refractivity contribution is -0.137. The molecule has 0 atom stereocenters. The summed E-state index contributed by atoms with van der Waals surface area (Å²) in [5.74, 6) is -0.875. The van der Waals surface area contributed by atoms with Gasteiger partial charge in [0.2, 0.25) is 5.91 Å². The molecule has 0 aliphatic rings. The van der Waals surface area contributed by atoms with Gasteiger partial charge in [-0.05, 0) is 37.0 Å². The lowest BCUT2D eigenvalue weighted by Crippen LogP contribution is -2.11. The molecule has 4 heteroatoms. The van der Waals surface area contributed by atoms with Crippen molar-refractivity contribution >= 4 is 17.6 Å². The number of aliphatic carboxylic acids is 1. The molecule has 2 N–H and O–H groups in total. The maximum atomic E-state index is 11.6. The Bertz CT molecular complexity index is 415. The summed E-state index contributed by atoms with van der Waals surface area (Å²) in [4.78, 5) is 21.9. The highest BCUT2D eigenvalue weighted by molar-refractivity contribution is 5.90. The van der Waals surface area contributed by atoms with Crippen LogP contribution in [0.3, 0.4) is 0 Å². The molecule has 0 spiro atoms. The van der Waals surface area contributed by atoms with Gasteiger partial charge >= 0.3 is 5.97 Å². The number of carboxylic acids is 1. The third kappa shape index (κ3) is 5.48. The van der Waals surface area contributed by atoms with E-state index in [0.717, 1.165) is 12.1 Å². The SMILES string of the molecule is CCc1cccc(NC(=O)CCCCC(=O)O)c1. The van der Waals surface area contributed by atoms with E-state index in [0.29, 0.717) is 19.3 Å². The van der Waals surface area contributed by atoms with Crippen molar-refractivity contribution in [3.05, 3.63) is 29.8 Å². The van der Waals surface area contributed by atoms with Gasteiger partial charge in [-0.15, -0.1) is 0 Å². The second kappa shape index (κ2) is 7.48. The fourth-order valence-corrected chi connectivity index (χ4v) is 1.65. The standard InChI is InChI=1S/C14H19NO3/c1-2-11-6-5-7-12(10-11)15-13(16)8-3-4-9-14(17)18/h5-7,10H,2-4,8-9H2,1H3,(H,15,16)(H,17,18). The number of rotatable bonds is 7. The number of carbonyl (C=O) groups excluding carboxylic acids is 1. The van der Waals surface area contributed by atoms with Crippen LogP contribution in [0.5, 0.6) is 0 Å². The predicted molar refractivity (Wildman–Crippen MR) is 70.6 cm³/mol. The molecule has 0 aliphatic carbocycles. The number of aryl methyl sites for hydroxylation is 1. The summed E-state index contributed by atoms with van der Waals surface area (Å²) in [6.07, 6.45) is 2.56. The minimum absolute atomic E-state index is 0.0614. The van der Waals surface area contributed by atoms with Crippen molar-refractivity contribution in [1.82, 2.24) is 0 Å². The van der Waals surface area contributed by atoms with Crippen LogP contribution >= 0.6 is 0 Å². The van der Waals surface area contributed by atoms with Crippen LogP contribution in [0.1, 0.15) is 38.2 Å². The van der Waals surface area contributed by atoms with Gasteiger partial charge in [-0.3, -0.25) is 9.59 Å². The normalized spacial score (nSPS) is 10.1. The Balaban J connectivity index is 2.33. The molecule has 1 aromatic rings. The second-order valence-corrected chi connectivity index (χ2v) is 4.20. The summed E-state index contributed by atoms with van der Waals surface area (Å²) in [5, 5.41) is 11.3. The molecular weight excluding hydrogens is 230 g/mol. The summed E-state index contributed by atoms with van der Waals surface area (Å²) < 4.78 is 0. The molecule has 0 aliphatic heterocycles. The molecule has 98 valence electrons. The van der Waals surface area contributed by atoms with E-state index < -0.39 is 5.97 Å². The van der Waals surface area contributed by atoms with E-state index in [4.69, 9.17) is 5.11 Å². The van der Waals surface area contributed by atoms with Gasteiger partial charge in [-0.1, -0.05) is 19.1 Å². The van der Waals surface area contributed by atoms with E-state index in [1.54, 1.807) is 0 Å². The number of hydrogen-bond acceptors (Lipinski definition) is 2. The highest BCUT2D eigenvalue weighted by atomic mass is 16.4. The van der Waals surface area contributed by atoms with Crippen molar-refractivity contribution in [2.24, 2.45) is 0 Å². The zero-order valence-electron chi connectivity index (χ0n) is 10.6. The van der Waals surface area contributed by atoms with E-state index in [2.05, 4.69) is 12.2 Å². The van der Waals surface area contributed by atoms with Crippen LogP contribution in [0.15, 0.2) is 24.3 Å². The molecule has 0 heterocycles. The van der Waals surface area contributed by atoms with Crippen LogP contribution in [-0.2, 0) is 16.0 Å². The van der Waals surface area contributed by atoms with E-state index in [1.165, 1.54) is 5.56 Å². The van der Waals surface area contributed by atoms with E-state index >= 15 is 0 Å². The lowest BCUT2D eigenvalue weighted by atomic mass is 10.1. The molecule has 0 aromatic heterocycles. The average Bonchev–Trinajstić information content (AvgIpc) is 2.34. The summed E-state index contributed by atoms with van der Waals surface area (Å²) in [7, 11) is 0. The monoisotopic (exact) mass is 249 g/mol. The van der Waals surface area contributed by atoms with Crippen LogP contribution in [0.4, 0.5) is 5.69 Å². The fourth-order valence-electron chi connectivity index (χ4n) is 1.65. The van der Waals surface area contributed by atoms with Crippen molar-refractivity contribution in [2.45, 2.75) is 39.0 Å². The van der Waals surface area contributed by atoms with Crippen molar-refractivity contribution in [1.29, 1.82) is 0 Å². The first-order chi connectivity index (χ1) is 8.61. The first-order valence-electron chi connectivity index (χ1n) is 6.22. The number of carboxylic acid groups (broad SMARTS) is 1. The molecule has 1 amide bonds. The van der Waals surface area contributed by atoms with Gasteiger partial charge in [0.1, 0.15) is 0 Å².